The van der Waals surface area contributed by atoms with Gasteiger partial charge in [-0.3, -0.25) is 0 Å². The summed E-state index contributed by atoms with van der Waals surface area (Å²) in [5.41, 5.74) is -0.385. The maximum absolute atomic E-state index is 10.6. The lowest BCUT2D eigenvalue weighted by molar-refractivity contribution is 0.316. The highest BCUT2D eigenvalue weighted by Gasteiger charge is 2.25. The normalized spacial score (nSPS) is 13.0. The first-order valence-corrected chi connectivity index (χ1v) is 6.39. The first kappa shape index (κ1) is 18.4. The molecule has 0 saturated heterocycles. The quantitative estimate of drug-likeness (QED) is 0.321. The van der Waals surface area contributed by atoms with E-state index in [-0.39, 0.29) is 15.4 Å². The predicted molar refractivity (Wildman–Crippen MR) is 78.1 cm³/mol. The van der Waals surface area contributed by atoms with E-state index >= 15 is 0 Å². The molecule has 0 aromatic rings. The van der Waals surface area contributed by atoms with Crippen LogP contribution < -0.4 is 0 Å². The molecular formula is C13H30NOP. The molecule has 98 valence electrons. The monoisotopic (exact) mass is 247 g/mol. The summed E-state index contributed by atoms with van der Waals surface area (Å²) < 4.78 is 0. The zero-order valence-corrected chi connectivity index (χ0v) is 13.0. The first-order valence-electron chi connectivity index (χ1n) is 6.39. The Labute approximate surface area is 105 Å². The van der Waals surface area contributed by atoms with Crippen molar-refractivity contribution in [1.82, 2.24) is 0 Å². The van der Waals surface area contributed by atoms with Crippen LogP contribution in [0.5, 0.6) is 0 Å². The van der Waals surface area contributed by atoms with Gasteiger partial charge in [0.15, 0.2) is 0 Å². The third-order valence-corrected chi connectivity index (χ3v) is 3.43. The number of nitroso groups, excluding NO2 is 1. The molecule has 2 atom stereocenters. The molecule has 0 aliphatic carbocycles. The number of rotatable bonds is 9. The number of hydrogen-bond acceptors (Lipinski definition) is 2. The van der Waals surface area contributed by atoms with Crippen molar-refractivity contribution < 1.29 is 0 Å². The Morgan fingerprint density at radius 2 is 1.56 bits per heavy atom. The fraction of sp³-hybridized carbons (Fsp3) is 1.00. The first-order chi connectivity index (χ1) is 7.04. The van der Waals surface area contributed by atoms with Gasteiger partial charge in [-0.2, -0.15) is 14.8 Å². The smallest absolute Gasteiger partial charge is 0.0996 e. The highest BCUT2D eigenvalue weighted by atomic mass is 31.0. The second kappa shape index (κ2) is 10.2. The van der Waals surface area contributed by atoms with Gasteiger partial charge in [-0.15, -0.1) is 0 Å². The topological polar surface area (TPSA) is 29.4 Å². The second-order valence-corrected chi connectivity index (χ2v) is 5.20. The lowest BCUT2D eigenvalue weighted by atomic mass is 9.86. The van der Waals surface area contributed by atoms with Gasteiger partial charge < -0.3 is 0 Å². The molecule has 0 spiro atoms. The summed E-state index contributed by atoms with van der Waals surface area (Å²) in [5, 5.41) is 3.20. The molecule has 0 fully saturated rings. The van der Waals surface area contributed by atoms with Crippen molar-refractivity contribution in [3.8, 4) is 0 Å². The Morgan fingerprint density at radius 1 is 1.06 bits per heavy atom. The Balaban J connectivity index is 0. The Morgan fingerprint density at radius 3 is 2.06 bits per heavy atom. The Hall–Kier alpha value is 0.0300. The average molecular weight is 247 g/mol. The van der Waals surface area contributed by atoms with Crippen LogP contribution in [0, 0.1) is 10.8 Å². The molecule has 0 saturated carbocycles. The lowest BCUT2D eigenvalue weighted by Gasteiger charge is -2.23. The van der Waals surface area contributed by atoms with Gasteiger partial charge in [0, 0.05) is 0 Å². The summed E-state index contributed by atoms with van der Waals surface area (Å²) in [5.74, 6) is 0.404. The zero-order valence-electron chi connectivity index (χ0n) is 11.6. The molecule has 0 aliphatic rings. The number of unbranched alkanes of at least 4 members (excludes halogenated alkanes) is 5. The maximum Gasteiger partial charge on any atom is 0.0996 e. The molecule has 16 heavy (non-hydrogen) atoms. The molecule has 0 aliphatic heterocycles. The van der Waals surface area contributed by atoms with E-state index in [4.69, 9.17) is 0 Å². The Kier molecular flexibility index (Phi) is 11.7. The molecule has 2 nitrogen and oxygen atoms in total. The van der Waals surface area contributed by atoms with Crippen molar-refractivity contribution in [2.24, 2.45) is 11.1 Å². The molecule has 0 aromatic carbocycles. The van der Waals surface area contributed by atoms with Gasteiger partial charge in [0.05, 0.1) is 5.54 Å². The van der Waals surface area contributed by atoms with Gasteiger partial charge in [-0.1, -0.05) is 57.5 Å². The average Bonchev–Trinajstić information content (AvgIpc) is 2.22. The van der Waals surface area contributed by atoms with E-state index in [1.54, 1.807) is 0 Å². The number of nitrogens with zero attached hydrogens (tertiary/aromatic N) is 1. The highest BCUT2D eigenvalue weighted by molar-refractivity contribution is 6.92. The van der Waals surface area contributed by atoms with Gasteiger partial charge in [0.25, 0.3) is 0 Å². The molecule has 0 heterocycles. The maximum atomic E-state index is 10.6. The molecule has 0 radical (unpaired) electrons. The molecule has 0 bridgehead atoms. The van der Waals surface area contributed by atoms with Gasteiger partial charge in [0.2, 0.25) is 0 Å². The van der Waals surface area contributed by atoms with Gasteiger partial charge in [-0.25, -0.2) is 0 Å². The third kappa shape index (κ3) is 8.21. The molecule has 3 heteroatoms. The summed E-state index contributed by atoms with van der Waals surface area (Å²) in [6.45, 7) is 8.23. The molecule has 0 amide bonds. The van der Waals surface area contributed by atoms with E-state index in [1.807, 2.05) is 13.8 Å². The van der Waals surface area contributed by atoms with Crippen LogP contribution in [0.2, 0.25) is 0 Å². The van der Waals surface area contributed by atoms with Crippen molar-refractivity contribution in [2.45, 2.75) is 78.2 Å². The van der Waals surface area contributed by atoms with Crippen LogP contribution in [-0.2, 0) is 0 Å². The van der Waals surface area contributed by atoms with E-state index < -0.39 is 0 Å². The van der Waals surface area contributed by atoms with Crippen LogP contribution in [0.25, 0.3) is 0 Å². The SMILES string of the molecule is CCCCCCCCC(C)C(C)(C)N=O.P. The van der Waals surface area contributed by atoms with Crippen molar-refractivity contribution in [1.29, 1.82) is 0 Å². The van der Waals surface area contributed by atoms with E-state index in [0.717, 1.165) is 6.42 Å². The summed E-state index contributed by atoms with van der Waals surface area (Å²) in [6, 6.07) is 0. The molecule has 0 rings (SSSR count). The minimum absolute atomic E-state index is 0. The predicted octanol–water partition coefficient (Wildman–Crippen LogP) is 4.98. The molecule has 0 N–H and O–H groups in total. The Bertz CT molecular complexity index is 171. The van der Waals surface area contributed by atoms with Crippen LogP contribution >= 0.6 is 9.90 Å². The summed E-state index contributed by atoms with van der Waals surface area (Å²) in [4.78, 5) is 10.6. The standard InChI is InChI=1S/C13H27NO.H3P/c1-5-6-7-8-9-10-11-12(2)13(3,4)14-15;/h12H,5-11H2,1-4H3;1H3. The van der Waals surface area contributed by atoms with E-state index in [1.165, 1.54) is 38.5 Å². The van der Waals surface area contributed by atoms with E-state index in [2.05, 4.69) is 19.0 Å². The van der Waals surface area contributed by atoms with Crippen LogP contribution in [0.3, 0.4) is 0 Å². The largest absolute Gasteiger partial charge is 0.153 e. The molecular weight excluding hydrogens is 217 g/mol. The van der Waals surface area contributed by atoms with E-state index in [0.29, 0.717) is 5.92 Å². The van der Waals surface area contributed by atoms with Gasteiger partial charge >= 0.3 is 0 Å². The van der Waals surface area contributed by atoms with Gasteiger partial charge in [0.1, 0.15) is 0 Å². The van der Waals surface area contributed by atoms with Crippen LogP contribution in [0.4, 0.5) is 0 Å². The number of hydrogen-bond donors (Lipinski definition) is 0. The molecule has 0 aromatic heterocycles. The zero-order chi connectivity index (χ0) is 11.7. The van der Waals surface area contributed by atoms with Crippen LogP contribution in [0.1, 0.15) is 72.6 Å². The van der Waals surface area contributed by atoms with Crippen molar-refractivity contribution in [3.63, 3.8) is 0 Å². The minimum atomic E-state index is -0.385. The fourth-order valence-corrected chi connectivity index (χ4v) is 1.67. The summed E-state index contributed by atoms with van der Waals surface area (Å²) in [6.07, 6.45) is 9.04. The molecule has 2 unspecified atom stereocenters. The van der Waals surface area contributed by atoms with Crippen LogP contribution in [0.15, 0.2) is 5.18 Å². The summed E-state index contributed by atoms with van der Waals surface area (Å²) in [7, 11) is 0. The van der Waals surface area contributed by atoms with Crippen molar-refractivity contribution in [3.05, 3.63) is 4.91 Å². The lowest BCUT2D eigenvalue weighted by Crippen LogP contribution is -2.25. The third-order valence-electron chi connectivity index (χ3n) is 3.43. The second-order valence-electron chi connectivity index (χ2n) is 5.20. The van der Waals surface area contributed by atoms with E-state index in [9.17, 15) is 4.91 Å². The van der Waals surface area contributed by atoms with Crippen molar-refractivity contribution >= 4 is 9.90 Å². The van der Waals surface area contributed by atoms with Crippen LogP contribution in [-0.4, -0.2) is 5.54 Å². The fourth-order valence-electron chi connectivity index (χ4n) is 1.67. The van der Waals surface area contributed by atoms with Crippen molar-refractivity contribution in [2.75, 3.05) is 0 Å². The van der Waals surface area contributed by atoms with Gasteiger partial charge in [-0.05, 0) is 26.2 Å². The highest BCUT2D eigenvalue weighted by Crippen LogP contribution is 2.25. The summed E-state index contributed by atoms with van der Waals surface area (Å²) >= 11 is 0. The minimum Gasteiger partial charge on any atom is -0.153 e.